The van der Waals surface area contributed by atoms with Crippen LogP contribution in [-0.2, 0) is 22.7 Å². The number of rotatable bonds is 8. The lowest BCUT2D eigenvalue weighted by Gasteiger charge is -2.21. The molecule has 114 valence electrons. The van der Waals surface area contributed by atoms with Crippen molar-refractivity contribution in [3.8, 4) is 6.07 Å². The Labute approximate surface area is 139 Å². The van der Waals surface area contributed by atoms with Gasteiger partial charge in [-0.1, -0.05) is 76.6 Å². The average Bonchev–Trinajstić information content (AvgIpc) is 2.59. The van der Waals surface area contributed by atoms with Crippen LogP contribution in [-0.4, -0.2) is 17.5 Å². The zero-order valence-electron chi connectivity index (χ0n) is 12.2. The van der Waals surface area contributed by atoms with Gasteiger partial charge in [0, 0.05) is 5.33 Å². The predicted molar refractivity (Wildman–Crippen MR) is 89.4 cm³/mol. The zero-order chi connectivity index (χ0) is 15.6. The van der Waals surface area contributed by atoms with Crippen molar-refractivity contribution in [3.63, 3.8) is 0 Å². The molecule has 0 aliphatic heterocycles. The summed E-state index contributed by atoms with van der Waals surface area (Å²) in [6, 6.07) is 21.9. The zero-order valence-corrected chi connectivity index (χ0v) is 13.8. The number of ether oxygens (including phenoxy) is 2. The lowest BCUT2D eigenvalue weighted by Crippen LogP contribution is -2.31. The van der Waals surface area contributed by atoms with Crippen LogP contribution in [0.4, 0.5) is 0 Å². The van der Waals surface area contributed by atoms with Gasteiger partial charge >= 0.3 is 0 Å². The lowest BCUT2D eigenvalue weighted by molar-refractivity contribution is -0.0493. The molecule has 0 radical (unpaired) electrons. The molecule has 0 aliphatic carbocycles. The molecule has 4 heteroatoms. The second-order valence-corrected chi connectivity index (χ2v) is 5.48. The summed E-state index contributed by atoms with van der Waals surface area (Å²) >= 11 is 3.40. The highest BCUT2D eigenvalue weighted by atomic mass is 79.9. The Morgan fingerprint density at radius 3 is 1.82 bits per heavy atom. The molecule has 3 nitrogen and oxygen atoms in total. The average molecular weight is 360 g/mol. The summed E-state index contributed by atoms with van der Waals surface area (Å²) in [4.78, 5) is 0. The minimum atomic E-state index is -0.608. The quantitative estimate of drug-likeness (QED) is 0.667. The number of hydrogen-bond donors (Lipinski definition) is 0. The molecule has 0 heterocycles. The van der Waals surface area contributed by atoms with E-state index in [-0.39, 0.29) is 6.10 Å². The van der Waals surface area contributed by atoms with Crippen molar-refractivity contribution >= 4 is 15.9 Å². The normalized spacial score (nSPS) is 13.3. The third-order valence-electron chi connectivity index (χ3n) is 3.20. The molecule has 2 aromatic rings. The van der Waals surface area contributed by atoms with Crippen molar-refractivity contribution in [2.75, 3.05) is 5.33 Å². The fraction of sp³-hybridized carbons (Fsp3) is 0.278. The smallest absolute Gasteiger partial charge is 0.171 e. The van der Waals surface area contributed by atoms with E-state index in [0.29, 0.717) is 18.5 Å². The van der Waals surface area contributed by atoms with E-state index in [4.69, 9.17) is 9.47 Å². The van der Waals surface area contributed by atoms with Gasteiger partial charge in [0.1, 0.15) is 6.10 Å². The van der Waals surface area contributed by atoms with Crippen molar-refractivity contribution in [2.24, 2.45) is 0 Å². The third kappa shape index (κ3) is 5.27. The van der Waals surface area contributed by atoms with Crippen LogP contribution in [0.25, 0.3) is 0 Å². The van der Waals surface area contributed by atoms with Crippen LogP contribution in [0.2, 0.25) is 0 Å². The molecule has 0 saturated heterocycles. The molecule has 0 amide bonds. The Balaban J connectivity index is 1.88. The summed E-state index contributed by atoms with van der Waals surface area (Å²) in [6.45, 7) is 0.862. The van der Waals surface area contributed by atoms with Crippen LogP contribution < -0.4 is 0 Å². The summed E-state index contributed by atoms with van der Waals surface area (Å²) in [5.74, 6) is 0. The molecular formula is C18H18BrNO2. The standard InChI is InChI=1S/C18H18BrNO2/c19-11-17(21-13-15-7-3-1-4-8-15)18(12-20)22-14-16-9-5-2-6-10-16/h1-10,17-18H,11,13-14H2/t17-,18+/m1/s1. The van der Waals surface area contributed by atoms with Crippen molar-refractivity contribution in [3.05, 3.63) is 71.8 Å². The van der Waals surface area contributed by atoms with Gasteiger partial charge in [-0.15, -0.1) is 0 Å². The SMILES string of the molecule is N#C[C@H](OCc1ccccc1)[C@@H](CBr)OCc1ccccc1. The highest BCUT2D eigenvalue weighted by molar-refractivity contribution is 9.09. The second-order valence-electron chi connectivity index (χ2n) is 4.84. The predicted octanol–water partition coefficient (Wildman–Crippen LogP) is 4.08. The van der Waals surface area contributed by atoms with Crippen LogP contribution in [0.15, 0.2) is 60.7 Å². The van der Waals surface area contributed by atoms with Gasteiger partial charge in [-0.25, -0.2) is 0 Å². The number of hydrogen-bond acceptors (Lipinski definition) is 3. The van der Waals surface area contributed by atoms with Crippen molar-refractivity contribution < 1.29 is 9.47 Å². The summed E-state index contributed by atoms with van der Waals surface area (Å²) < 4.78 is 11.5. The van der Waals surface area contributed by atoms with E-state index < -0.39 is 6.10 Å². The van der Waals surface area contributed by atoms with Gasteiger partial charge in [-0.3, -0.25) is 0 Å². The molecule has 0 unspecified atom stereocenters. The van der Waals surface area contributed by atoms with Crippen LogP contribution in [0.1, 0.15) is 11.1 Å². The summed E-state index contributed by atoms with van der Waals surface area (Å²) in [5, 5.41) is 9.88. The molecule has 2 aromatic carbocycles. The molecule has 22 heavy (non-hydrogen) atoms. The van der Waals surface area contributed by atoms with Gasteiger partial charge in [0.25, 0.3) is 0 Å². The molecule has 0 bridgehead atoms. The van der Waals surface area contributed by atoms with E-state index in [1.165, 1.54) is 0 Å². The Hall–Kier alpha value is -1.67. The molecule has 2 atom stereocenters. The molecular weight excluding hydrogens is 342 g/mol. The monoisotopic (exact) mass is 359 g/mol. The second kappa shape index (κ2) is 9.37. The van der Waals surface area contributed by atoms with Gasteiger partial charge in [0.15, 0.2) is 6.10 Å². The minimum Gasteiger partial charge on any atom is -0.369 e. The number of nitrogens with zero attached hydrogens (tertiary/aromatic N) is 1. The Bertz CT molecular complexity index is 583. The molecule has 0 aromatic heterocycles. The highest BCUT2D eigenvalue weighted by Crippen LogP contribution is 2.13. The fourth-order valence-corrected chi connectivity index (χ4v) is 2.50. The summed E-state index contributed by atoms with van der Waals surface area (Å²) in [7, 11) is 0. The van der Waals surface area contributed by atoms with Gasteiger partial charge < -0.3 is 9.47 Å². The number of benzene rings is 2. The lowest BCUT2D eigenvalue weighted by atomic mass is 10.2. The maximum atomic E-state index is 9.33. The van der Waals surface area contributed by atoms with E-state index in [9.17, 15) is 5.26 Å². The van der Waals surface area contributed by atoms with Gasteiger partial charge in [-0.05, 0) is 11.1 Å². The van der Waals surface area contributed by atoms with E-state index in [2.05, 4.69) is 22.0 Å². The Morgan fingerprint density at radius 2 is 1.36 bits per heavy atom. The van der Waals surface area contributed by atoms with Crippen LogP contribution in [0.5, 0.6) is 0 Å². The van der Waals surface area contributed by atoms with Crippen LogP contribution in [0, 0.1) is 11.3 Å². The topological polar surface area (TPSA) is 42.2 Å². The first-order valence-corrected chi connectivity index (χ1v) is 8.22. The van der Waals surface area contributed by atoms with Gasteiger partial charge in [-0.2, -0.15) is 5.26 Å². The van der Waals surface area contributed by atoms with E-state index in [1.807, 2.05) is 60.7 Å². The molecule has 0 fully saturated rings. The fourth-order valence-electron chi connectivity index (χ4n) is 1.98. The highest BCUT2D eigenvalue weighted by Gasteiger charge is 2.22. The molecule has 0 spiro atoms. The molecule has 0 N–H and O–H groups in total. The van der Waals surface area contributed by atoms with Gasteiger partial charge in [0.05, 0.1) is 19.3 Å². The van der Waals surface area contributed by atoms with E-state index >= 15 is 0 Å². The number of alkyl halides is 1. The Kier molecular flexibility index (Phi) is 7.11. The van der Waals surface area contributed by atoms with Crippen molar-refractivity contribution in [2.45, 2.75) is 25.4 Å². The Morgan fingerprint density at radius 1 is 0.864 bits per heavy atom. The largest absolute Gasteiger partial charge is 0.369 e. The minimum absolute atomic E-state index is 0.311. The molecule has 2 rings (SSSR count). The third-order valence-corrected chi connectivity index (χ3v) is 3.83. The van der Waals surface area contributed by atoms with Gasteiger partial charge in [0.2, 0.25) is 0 Å². The maximum Gasteiger partial charge on any atom is 0.171 e. The van der Waals surface area contributed by atoms with Crippen LogP contribution in [0.3, 0.4) is 0 Å². The molecule has 0 aliphatic rings. The number of halogens is 1. The first-order valence-electron chi connectivity index (χ1n) is 7.10. The van der Waals surface area contributed by atoms with E-state index in [0.717, 1.165) is 11.1 Å². The summed E-state index contributed by atoms with van der Waals surface area (Å²) in [5.41, 5.74) is 2.12. The first kappa shape index (κ1) is 16.7. The number of nitriles is 1. The van der Waals surface area contributed by atoms with Crippen molar-refractivity contribution in [1.82, 2.24) is 0 Å². The van der Waals surface area contributed by atoms with Crippen molar-refractivity contribution in [1.29, 1.82) is 5.26 Å². The summed E-state index contributed by atoms with van der Waals surface area (Å²) in [6.07, 6.45) is -0.919. The first-order chi connectivity index (χ1) is 10.8. The molecule has 0 saturated carbocycles. The van der Waals surface area contributed by atoms with E-state index in [1.54, 1.807) is 0 Å². The maximum absolute atomic E-state index is 9.33. The van der Waals surface area contributed by atoms with Crippen LogP contribution >= 0.6 is 15.9 Å².